The summed E-state index contributed by atoms with van der Waals surface area (Å²) in [4.78, 5) is 25.9. The normalized spacial score (nSPS) is 25.5. The van der Waals surface area contributed by atoms with E-state index in [4.69, 9.17) is 4.74 Å². The molecule has 6 nitrogen and oxygen atoms in total. The molecule has 3 rings (SSSR count). The Kier molecular flexibility index (Phi) is 2.67. The molecular weight excluding hydrogens is 248 g/mol. The predicted molar refractivity (Wildman–Crippen MR) is 67.1 cm³/mol. The zero-order valence-corrected chi connectivity index (χ0v) is 10.4. The van der Waals surface area contributed by atoms with E-state index in [2.05, 4.69) is 5.32 Å². The van der Waals surface area contributed by atoms with Crippen molar-refractivity contribution in [3.8, 4) is 5.75 Å². The van der Waals surface area contributed by atoms with Crippen LogP contribution in [0.25, 0.3) is 0 Å². The summed E-state index contributed by atoms with van der Waals surface area (Å²) in [6.07, 6.45) is -0.366. The van der Waals surface area contributed by atoms with Crippen molar-refractivity contribution in [2.75, 3.05) is 19.0 Å². The van der Waals surface area contributed by atoms with Crippen LogP contribution in [0.3, 0.4) is 0 Å². The number of anilines is 1. The quantitative estimate of drug-likeness (QED) is 0.759. The Labute approximate surface area is 110 Å². The molecule has 19 heavy (non-hydrogen) atoms. The minimum Gasteiger partial charge on any atom is -0.497 e. The number of carbonyl (C=O) groups excluding carboxylic acids is 2. The number of methoxy groups -OCH3 is 1. The van der Waals surface area contributed by atoms with Gasteiger partial charge in [0.15, 0.2) is 0 Å². The van der Waals surface area contributed by atoms with Gasteiger partial charge < -0.3 is 20.1 Å². The molecule has 2 heterocycles. The lowest BCUT2D eigenvalue weighted by molar-refractivity contribution is -0.119. The number of aliphatic hydroxyl groups excluding tert-OH is 1. The smallest absolute Gasteiger partial charge is 0.256 e. The van der Waals surface area contributed by atoms with Crippen molar-refractivity contribution in [2.24, 2.45) is 0 Å². The highest BCUT2D eigenvalue weighted by molar-refractivity contribution is 6.10. The molecule has 0 radical (unpaired) electrons. The number of hydrogen-bond donors (Lipinski definition) is 2. The molecule has 2 unspecified atom stereocenters. The third kappa shape index (κ3) is 1.84. The number of carbonyl (C=O) groups is 2. The van der Waals surface area contributed by atoms with Crippen LogP contribution in [0.5, 0.6) is 5.75 Å². The average molecular weight is 262 g/mol. The Morgan fingerprint density at radius 1 is 1.42 bits per heavy atom. The van der Waals surface area contributed by atoms with Crippen LogP contribution in [0.15, 0.2) is 18.2 Å². The van der Waals surface area contributed by atoms with Gasteiger partial charge in [0, 0.05) is 13.0 Å². The molecule has 0 spiro atoms. The first-order chi connectivity index (χ1) is 9.10. The highest BCUT2D eigenvalue weighted by Gasteiger charge is 2.42. The molecule has 1 saturated heterocycles. The zero-order chi connectivity index (χ0) is 13.6. The van der Waals surface area contributed by atoms with Crippen LogP contribution in [0.4, 0.5) is 5.69 Å². The zero-order valence-electron chi connectivity index (χ0n) is 10.4. The van der Waals surface area contributed by atoms with E-state index in [1.54, 1.807) is 18.2 Å². The highest BCUT2D eigenvalue weighted by Crippen LogP contribution is 2.31. The molecule has 2 aliphatic heterocycles. The van der Waals surface area contributed by atoms with E-state index in [-0.39, 0.29) is 24.8 Å². The lowest BCUT2D eigenvalue weighted by Crippen LogP contribution is -2.40. The van der Waals surface area contributed by atoms with Gasteiger partial charge in [-0.3, -0.25) is 9.59 Å². The van der Waals surface area contributed by atoms with Crippen molar-refractivity contribution in [3.05, 3.63) is 23.8 Å². The Morgan fingerprint density at radius 2 is 2.21 bits per heavy atom. The van der Waals surface area contributed by atoms with Gasteiger partial charge in [-0.1, -0.05) is 0 Å². The Bertz CT molecular complexity index is 558. The molecule has 2 amide bonds. The largest absolute Gasteiger partial charge is 0.497 e. The van der Waals surface area contributed by atoms with Gasteiger partial charge in [-0.2, -0.15) is 0 Å². The second-order valence-corrected chi connectivity index (χ2v) is 4.76. The number of hydrogen-bond acceptors (Lipinski definition) is 4. The minimum atomic E-state index is -0.646. The lowest BCUT2D eigenvalue weighted by atomic mass is 10.1. The van der Waals surface area contributed by atoms with Crippen molar-refractivity contribution in [3.63, 3.8) is 0 Å². The Morgan fingerprint density at radius 3 is 2.95 bits per heavy atom. The summed E-state index contributed by atoms with van der Waals surface area (Å²) >= 11 is 0. The molecule has 0 saturated carbocycles. The highest BCUT2D eigenvalue weighted by atomic mass is 16.5. The van der Waals surface area contributed by atoms with Crippen molar-refractivity contribution >= 4 is 17.5 Å². The third-order valence-corrected chi connectivity index (χ3v) is 3.56. The fourth-order valence-electron chi connectivity index (χ4n) is 2.59. The summed E-state index contributed by atoms with van der Waals surface area (Å²) in [5.74, 6) is 0.0437. The number of benzene rings is 1. The van der Waals surface area contributed by atoms with Crippen molar-refractivity contribution < 1.29 is 19.4 Å². The van der Waals surface area contributed by atoms with Gasteiger partial charge in [0.05, 0.1) is 24.5 Å². The monoisotopic (exact) mass is 262 g/mol. The second-order valence-electron chi connectivity index (χ2n) is 4.76. The number of nitrogens with one attached hydrogen (secondary N) is 1. The maximum atomic E-state index is 12.4. The molecule has 6 heteroatoms. The van der Waals surface area contributed by atoms with E-state index >= 15 is 0 Å². The molecule has 0 bridgehead atoms. The maximum Gasteiger partial charge on any atom is 0.256 e. The van der Waals surface area contributed by atoms with Gasteiger partial charge in [0.2, 0.25) is 5.91 Å². The summed E-state index contributed by atoms with van der Waals surface area (Å²) < 4.78 is 5.10. The van der Waals surface area contributed by atoms with E-state index in [0.29, 0.717) is 17.0 Å². The number of rotatable bonds is 1. The van der Waals surface area contributed by atoms with Gasteiger partial charge in [-0.15, -0.1) is 0 Å². The molecule has 100 valence electrons. The van der Waals surface area contributed by atoms with Crippen LogP contribution in [0, 0.1) is 0 Å². The fraction of sp³-hybridized carbons (Fsp3) is 0.385. The van der Waals surface area contributed by atoms with Crippen molar-refractivity contribution in [2.45, 2.75) is 18.6 Å². The molecular formula is C13H14N2O4. The lowest BCUT2D eigenvalue weighted by Gasteiger charge is -2.19. The molecule has 1 aromatic carbocycles. The number of ether oxygens (including phenoxy) is 1. The first-order valence-electron chi connectivity index (χ1n) is 6.08. The van der Waals surface area contributed by atoms with Crippen LogP contribution in [0.2, 0.25) is 0 Å². The van der Waals surface area contributed by atoms with Crippen LogP contribution < -0.4 is 10.1 Å². The number of amides is 2. The van der Waals surface area contributed by atoms with E-state index in [1.165, 1.54) is 12.0 Å². The van der Waals surface area contributed by atoms with E-state index in [9.17, 15) is 14.7 Å². The summed E-state index contributed by atoms with van der Waals surface area (Å²) in [5.41, 5.74) is 0.879. The van der Waals surface area contributed by atoms with Gasteiger partial charge in [-0.05, 0) is 18.2 Å². The van der Waals surface area contributed by atoms with Crippen molar-refractivity contribution in [1.82, 2.24) is 4.90 Å². The average Bonchev–Trinajstić information content (AvgIpc) is 2.76. The maximum absolute atomic E-state index is 12.4. The first kappa shape index (κ1) is 12.0. The Hall–Kier alpha value is -2.08. The minimum absolute atomic E-state index is 0.188. The Balaban J connectivity index is 2.07. The predicted octanol–water partition coefficient (Wildman–Crippen LogP) is 0.223. The van der Waals surface area contributed by atoms with E-state index in [1.807, 2.05) is 0 Å². The van der Waals surface area contributed by atoms with Gasteiger partial charge >= 0.3 is 0 Å². The molecule has 1 fully saturated rings. The number of fused-ring (bicyclic) bond motifs is 2. The van der Waals surface area contributed by atoms with Gasteiger partial charge in [0.1, 0.15) is 11.8 Å². The molecule has 1 aromatic rings. The molecule has 2 N–H and O–H groups in total. The van der Waals surface area contributed by atoms with Crippen molar-refractivity contribution in [1.29, 1.82) is 0 Å². The summed E-state index contributed by atoms with van der Waals surface area (Å²) in [6, 6.07) is 4.35. The standard InChI is InChI=1S/C13H14N2O4/c1-19-8-2-3-10-9(5-8)13(18)15-6-7(16)4-11(15)12(17)14-10/h2-3,5,7,11,16H,4,6H2,1H3,(H,14,17). The van der Waals surface area contributed by atoms with Crippen LogP contribution in [0.1, 0.15) is 16.8 Å². The van der Waals surface area contributed by atoms with E-state index in [0.717, 1.165) is 0 Å². The summed E-state index contributed by atoms with van der Waals surface area (Å²) in [7, 11) is 1.52. The van der Waals surface area contributed by atoms with Crippen LogP contribution in [-0.4, -0.2) is 47.6 Å². The second kappa shape index (κ2) is 4.24. The topological polar surface area (TPSA) is 78.9 Å². The van der Waals surface area contributed by atoms with Crippen LogP contribution >= 0.6 is 0 Å². The van der Waals surface area contributed by atoms with Gasteiger partial charge in [-0.25, -0.2) is 0 Å². The molecule has 2 atom stereocenters. The first-order valence-corrected chi connectivity index (χ1v) is 6.08. The number of nitrogens with zero attached hydrogens (tertiary/aromatic N) is 1. The fourth-order valence-corrected chi connectivity index (χ4v) is 2.59. The van der Waals surface area contributed by atoms with Crippen LogP contribution in [-0.2, 0) is 4.79 Å². The summed E-state index contributed by atoms with van der Waals surface area (Å²) in [5, 5.41) is 12.4. The van der Waals surface area contributed by atoms with Gasteiger partial charge in [0.25, 0.3) is 5.91 Å². The number of aliphatic hydroxyl groups is 1. The molecule has 0 aliphatic carbocycles. The molecule has 2 aliphatic rings. The third-order valence-electron chi connectivity index (χ3n) is 3.56. The van der Waals surface area contributed by atoms with E-state index < -0.39 is 12.1 Å². The SMILES string of the molecule is COc1ccc2c(c1)C(=O)N1CC(O)CC1C(=O)N2. The molecule has 0 aromatic heterocycles. The summed E-state index contributed by atoms with van der Waals surface area (Å²) in [6.45, 7) is 0.188.